The molecule has 1 unspecified atom stereocenters. The molecule has 4 rings (SSSR count). The van der Waals surface area contributed by atoms with Crippen molar-refractivity contribution < 1.29 is 18.4 Å². The summed E-state index contributed by atoms with van der Waals surface area (Å²) in [7, 11) is 0. The lowest BCUT2D eigenvalue weighted by atomic mass is 9.94. The Bertz CT molecular complexity index is 1100. The van der Waals surface area contributed by atoms with Gasteiger partial charge in [-0.1, -0.05) is 35.9 Å². The van der Waals surface area contributed by atoms with Gasteiger partial charge < -0.3 is 10.2 Å². The van der Waals surface area contributed by atoms with Crippen LogP contribution in [0.2, 0.25) is 0 Å². The second-order valence-electron chi connectivity index (χ2n) is 7.04. The maximum atomic E-state index is 13.7. The number of hydrogen-bond acceptors (Lipinski definition) is 2. The van der Waals surface area contributed by atoms with E-state index in [0.29, 0.717) is 16.8 Å². The Morgan fingerprint density at radius 3 is 2.48 bits per heavy atom. The number of carbonyl (C=O) groups is 2. The van der Waals surface area contributed by atoms with E-state index in [9.17, 15) is 18.4 Å². The molecule has 6 heteroatoms. The van der Waals surface area contributed by atoms with E-state index in [1.807, 2.05) is 19.1 Å². The van der Waals surface area contributed by atoms with Crippen LogP contribution in [0.3, 0.4) is 0 Å². The van der Waals surface area contributed by atoms with Gasteiger partial charge in [0.1, 0.15) is 18.2 Å². The van der Waals surface area contributed by atoms with Crippen molar-refractivity contribution in [3.05, 3.63) is 101 Å². The molecule has 0 aromatic heterocycles. The lowest BCUT2D eigenvalue weighted by Gasteiger charge is -2.31. The summed E-state index contributed by atoms with van der Waals surface area (Å²) in [6.45, 7) is 1.69. The molecule has 0 bridgehead atoms. The number of benzene rings is 3. The minimum atomic E-state index is -0.639. The molecule has 3 aromatic rings. The SMILES string of the molecule is Cc1ccc2c(c1)C(c1ccc(F)cc1)N(C(=O)c1cccc(F)c1)CC(=O)N2. The fraction of sp³-hybridized carbons (Fsp3) is 0.130. The Morgan fingerprint density at radius 1 is 1.00 bits per heavy atom. The number of rotatable bonds is 2. The van der Waals surface area contributed by atoms with E-state index in [0.717, 1.165) is 11.6 Å². The summed E-state index contributed by atoms with van der Waals surface area (Å²) in [6.07, 6.45) is 0. The van der Waals surface area contributed by atoms with Crippen LogP contribution < -0.4 is 5.32 Å². The molecule has 0 spiro atoms. The number of amides is 2. The first kappa shape index (κ1) is 18.8. The van der Waals surface area contributed by atoms with Gasteiger partial charge in [0.2, 0.25) is 5.91 Å². The number of hydrogen-bond donors (Lipinski definition) is 1. The van der Waals surface area contributed by atoms with Crippen molar-refractivity contribution in [2.45, 2.75) is 13.0 Å². The highest BCUT2D eigenvalue weighted by Crippen LogP contribution is 2.37. The highest BCUT2D eigenvalue weighted by molar-refractivity contribution is 6.01. The van der Waals surface area contributed by atoms with Gasteiger partial charge in [-0.3, -0.25) is 9.59 Å². The third-order valence-electron chi connectivity index (χ3n) is 4.92. The number of fused-ring (bicyclic) bond motifs is 1. The zero-order chi connectivity index (χ0) is 20.5. The molecule has 0 fully saturated rings. The monoisotopic (exact) mass is 392 g/mol. The van der Waals surface area contributed by atoms with Gasteiger partial charge in [0.15, 0.2) is 0 Å². The largest absolute Gasteiger partial charge is 0.324 e. The molecule has 1 N–H and O–H groups in total. The first-order chi connectivity index (χ1) is 13.9. The van der Waals surface area contributed by atoms with Crippen molar-refractivity contribution >= 4 is 17.5 Å². The molecule has 0 radical (unpaired) electrons. The quantitative estimate of drug-likeness (QED) is 0.700. The van der Waals surface area contributed by atoms with Gasteiger partial charge in [0.05, 0.1) is 6.04 Å². The number of carbonyl (C=O) groups excluding carboxylic acids is 2. The predicted molar refractivity (Wildman–Crippen MR) is 105 cm³/mol. The van der Waals surface area contributed by atoms with E-state index in [1.165, 1.54) is 35.2 Å². The van der Waals surface area contributed by atoms with Crippen LogP contribution >= 0.6 is 0 Å². The van der Waals surface area contributed by atoms with E-state index in [1.54, 1.807) is 18.2 Å². The minimum Gasteiger partial charge on any atom is -0.324 e. The maximum absolute atomic E-state index is 13.7. The average molecular weight is 392 g/mol. The van der Waals surface area contributed by atoms with Crippen molar-refractivity contribution in [1.82, 2.24) is 4.90 Å². The number of nitrogens with one attached hydrogen (secondary N) is 1. The minimum absolute atomic E-state index is 0.140. The first-order valence-electron chi connectivity index (χ1n) is 9.15. The molecule has 146 valence electrons. The van der Waals surface area contributed by atoms with Crippen molar-refractivity contribution in [3.8, 4) is 0 Å². The molecule has 0 aliphatic carbocycles. The smallest absolute Gasteiger partial charge is 0.255 e. The fourth-order valence-electron chi connectivity index (χ4n) is 3.61. The van der Waals surface area contributed by atoms with Crippen molar-refractivity contribution in [2.75, 3.05) is 11.9 Å². The molecule has 4 nitrogen and oxygen atoms in total. The van der Waals surface area contributed by atoms with Crippen molar-refractivity contribution in [2.24, 2.45) is 0 Å². The van der Waals surface area contributed by atoms with Gasteiger partial charge in [-0.2, -0.15) is 0 Å². The van der Waals surface area contributed by atoms with Gasteiger partial charge in [0.25, 0.3) is 5.91 Å². The fourth-order valence-corrected chi connectivity index (χ4v) is 3.61. The predicted octanol–water partition coefficient (Wildman–Crippen LogP) is 4.46. The van der Waals surface area contributed by atoms with Crippen LogP contribution in [0.5, 0.6) is 0 Å². The third kappa shape index (κ3) is 3.74. The third-order valence-corrected chi connectivity index (χ3v) is 4.92. The van der Waals surface area contributed by atoms with Crippen LogP contribution in [0, 0.1) is 18.6 Å². The summed E-state index contributed by atoms with van der Waals surface area (Å²) in [5, 5.41) is 2.83. The van der Waals surface area contributed by atoms with Crippen molar-refractivity contribution in [1.29, 1.82) is 0 Å². The Hall–Kier alpha value is -3.54. The molecule has 2 amide bonds. The summed E-state index contributed by atoms with van der Waals surface area (Å²) in [4.78, 5) is 27.2. The van der Waals surface area contributed by atoms with Crippen LogP contribution in [-0.4, -0.2) is 23.3 Å². The summed E-state index contributed by atoms with van der Waals surface area (Å²) in [5.74, 6) is -1.78. The number of nitrogens with zero attached hydrogens (tertiary/aromatic N) is 1. The highest BCUT2D eigenvalue weighted by Gasteiger charge is 2.34. The van der Waals surface area contributed by atoms with Crippen molar-refractivity contribution in [3.63, 3.8) is 0 Å². The molecule has 1 atom stereocenters. The zero-order valence-electron chi connectivity index (χ0n) is 15.7. The Labute approximate surface area is 166 Å². The second kappa shape index (κ2) is 7.47. The van der Waals surface area contributed by atoms with Gasteiger partial charge in [0, 0.05) is 16.8 Å². The number of halogens is 2. The maximum Gasteiger partial charge on any atom is 0.255 e. The van der Waals surface area contributed by atoms with Gasteiger partial charge in [-0.25, -0.2) is 8.78 Å². The van der Waals surface area contributed by atoms with E-state index in [4.69, 9.17) is 0 Å². The van der Waals surface area contributed by atoms with Crippen LogP contribution in [-0.2, 0) is 4.79 Å². The molecule has 1 heterocycles. The number of anilines is 1. The van der Waals surface area contributed by atoms with E-state index in [-0.39, 0.29) is 18.0 Å². The molecule has 1 aliphatic rings. The van der Waals surface area contributed by atoms with Gasteiger partial charge in [-0.15, -0.1) is 0 Å². The van der Waals surface area contributed by atoms with Gasteiger partial charge in [-0.05, 0) is 48.9 Å². The molecule has 0 saturated carbocycles. The Balaban J connectivity index is 1.90. The van der Waals surface area contributed by atoms with Gasteiger partial charge >= 0.3 is 0 Å². The summed E-state index contributed by atoms with van der Waals surface area (Å²) >= 11 is 0. The molecular formula is C23H18F2N2O2. The average Bonchev–Trinajstić information content (AvgIpc) is 2.84. The van der Waals surface area contributed by atoms with Crippen LogP contribution in [0.25, 0.3) is 0 Å². The molecular weight excluding hydrogens is 374 g/mol. The summed E-state index contributed by atoms with van der Waals surface area (Å²) < 4.78 is 27.2. The van der Waals surface area contributed by atoms with E-state index in [2.05, 4.69) is 5.32 Å². The van der Waals surface area contributed by atoms with Crippen LogP contribution in [0.1, 0.15) is 33.1 Å². The normalized spacial score (nSPS) is 16.0. The Morgan fingerprint density at radius 2 is 1.76 bits per heavy atom. The van der Waals surface area contributed by atoms with Crippen LogP contribution in [0.15, 0.2) is 66.7 Å². The second-order valence-corrected chi connectivity index (χ2v) is 7.04. The topological polar surface area (TPSA) is 49.4 Å². The lowest BCUT2D eigenvalue weighted by Crippen LogP contribution is -2.39. The molecule has 29 heavy (non-hydrogen) atoms. The van der Waals surface area contributed by atoms with E-state index >= 15 is 0 Å². The lowest BCUT2D eigenvalue weighted by molar-refractivity contribution is -0.117. The zero-order valence-corrected chi connectivity index (χ0v) is 15.7. The van der Waals surface area contributed by atoms with E-state index < -0.39 is 23.6 Å². The Kier molecular flexibility index (Phi) is 4.84. The summed E-state index contributed by atoms with van der Waals surface area (Å²) in [5.41, 5.74) is 3.04. The summed E-state index contributed by atoms with van der Waals surface area (Å²) in [6, 6.07) is 16.1. The highest BCUT2D eigenvalue weighted by atomic mass is 19.1. The molecule has 3 aromatic carbocycles. The standard InChI is InChI=1S/C23H18F2N2O2/c1-14-5-10-20-19(11-14)22(15-6-8-17(24)9-7-15)27(13-21(28)26-20)23(29)16-3-2-4-18(25)12-16/h2-12,22H,13H2,1H3,(H,26,28). The van der Waals surface area contributed by atoms with Crippen LogP contribution in [0.4, 0.5) is 14.5 Å². The number of aryl methyl sites for hydroxylation is 1. The first-order valence-corrected chi connectivity index (χ1v) is 9.15. The molecule has 1 aliphatic heterocycles. The molecule has 0 saturated heterocycles.